The summed E-state index contributed by atoms with van der Waals surface area (Å²) in [7, 11) is -3.58. The van der Waals surface area contributed by atoms with Crippen LogP contribution in [0.3, 0.4) is 0 Å². The van der Waals surface area contributed by atoms with Gasteiger partial charge in [-0.15, -0.1) is 0 Å². The van der Waals surface area contributed by atoms with Gasteiger partial charge in [-0.3, -0.25) is 4.79 Å². The predicted octanol–water partition coefficient (Wildman–Crippen LogP) is 2.80. The molecule has 0 atom stereocenters. The van der Waals surface area contributed by atoms with Crippen LogP contribution < -0.4 is 9.46 Å². The number of carbonyl (C=O) groups is 1. The molecule has 1 N–H and O–H groups in total. The van der Waals surface area contributed by atoms with Gasteiger partial charge in [0.1, 0.15) is 5.75 Å². The molecule has 2 aromatic carbocycles. The molecule has 6 nitrogen and oxygen atoms in total. The zero-order valence-corrected chi connectivity index (χ0v) is 16.4. The van der Waals surface area contributed by atoms with Crippen molar-refractivity contribution in [3.8, 4) is 5.75 Å². The average molecular weight is 424 g/mol. The largest absolute Gasteiger partial charge is 0.435 e. The molecule has 0 spiro atoms. The van der Waals surface area contributed by atoms with Gasteiger partial charge < -0.3 is 9.64 Å². The molecule has 1 amide bonds. The van der Waals surface area contributed by atoms with Crippen molar-refractivity contribution < 1.29 is 26.7 Å². The number of carbonyl (C=O) groups excluding carboxylic acids is 1. The Labute approximate surface area is 168 Å². The fraction of sp³-hybridized carbons (Fsp3) is 0.350. The van der Waals surface area contributed by atoms with Crippen molar-refractivity contribution in [2.75, 3.05) is 13.1 Å². The number of hydrogen-bond donors (Lipinski definition) is 1. The maximum Gasteiger partial charge on any atom is 0.387 e. The van der Waals surface area contributed by atoms with Crippen LogP contribution in [0.25, 0.3) is 0 Å². The van der Waals surface area contributed by atoms with E-state index in [0.717, 1.165) is 0 Å². The zero-order valence-electron chi connectivity index (χ0n) is 15.6. The van der Waals surface area contributed by atoms with Crippen LogP contribution in [-0.4, -0.2) is 45.0 Å². The van der Waals surface area contributed by atoms with E-state index >= 15 is 0 Å². The van der Waals surface area contributed by atoms with E-state index in [2.05, 4.69) is 9.46 Å². The molecule has 0 unspecified atom stereocenters. The third-order valence-electron chi connectivity index (χ3n) is 4.73. The first-order valence-electron chi connectivity index (χ1n) is 9.22. The monoisotopic (exact) mass is 424 g/mol. The van der Waals surface area contributed by atoms with E-state index in [4.69, 9.17) is 0 Å². The highest BCUT2D eigenvalue weighted by Crippen LogP contribution is 2.18. The van der Waals surface area contributed by atoms with Crippen molar-refractivity contribution in [2.24, 2.45) is 0 Å². The van der Waals surface area contributed by atoms with Crippen LogP contribution in [0.2, 0.25) is 0 Å². The number of likely N-dealkylation sites (tertiary alicyclic amines) is 1. The van der Waals surface area contributed by atoms with Crippen LogP contribution in [0.1, 0.15) is 18.4 Å². The van der Waals surface area contributed by atoms with Gasteiger partial charge in [0.25, 0.3) is 0 Å². The molecule has 1 saturated heterocycles. The van der Waals surface area contributed by atoms with E-state index in [1.807, 2.05) is 0 Å². The normalized spacial score (nSPS) is 15.5. The Bertz CT molecular complexity index is 913. The summed E-state index contributed by atoms with van der Waals surface area (Å²) in [6, 6.07) is 13.9. The summed E-state index contributed by atoms with van der Waals surface area (Å²) in [6.07, 6.45) is 1.20. The third-order valence-corrected chi connectivity index (χ3v) is 6.26. The number of hydrogen-bond acceptors (Lipinski definition) is 4. The molecule has 1 aliphatic rings. The Morgan fingerprint density at radius 3 is 2.28 bits per heavy atom. The average Bonchev–Trinajstić information content (AvgIpc) is 2.70. The first kappa shape index (κ1) is 21.2. The Hall–Kier alpha value is -2.52. The van der Waals surface area contributed by atoms with Gasteiger partial charge >= 0.3 is 6.61 Å². The van der Waals surface area contributed by atoms with E-state index in [-0.39, 0.29) is 29.0 Å². The molecule has 2 aromatic rings. The van der Waals surface area contributed by atoms with Crippen LogP contribution in [0.15, 0.2) is 59.5 Å². The Kier molecular flexibility index (Phi) is 6.81. The molecule has 9 heteroatoms. The second-order valence-corrected chi connectivity index (χ2v) is 8.50. The zero-order chi connectivity index (χ0) is 20.9. The number of nitrogens with one attached hydrogen (secondary N) is 1. The fourth-order valence-corrected chi connectivity index (χ4v) is 4.54. The van der Waals surface area contributed by atoms with E-state index in [0.29, 0.717) is 31.5 Å². The van der Waals surface area contributed by atoms with Crippen molar-refractivity contribution in [1.82, 2.24) is 9.62 Å². The Balaban J connectivity index is 1.49. The molecule has 156 valence electrons. The summed E-state index contributed by atoms with van der Waals surface area (Å²) in [5.74, 6) is -0.0420. The smallest absolute Gasteiger partial charge is 0.387 e. The summed E-state index contributed by atoms with van der Waals surface area (Å²) in [5.41, 5.74) is 0.698. The summed E-state index contributed by atoms with van der Waals surface area (Å²) < 4.78 is 56.2. The first-order chi connectivity index (χ1) is 13.8. The number of alkyl halides is 2. The quantitative estimate of drug-likeness (QED) is 0.742. The van der Waals surface area contributed by atoms with Gasteiger partial charge in [-0.05, 0) is 42.7 Å². The Morgan fingerprint density at radius 2 is 1.69 bits per heavy atom. The molecule has 0 radical (unpaired) electrons. The van der Waals surface area contributed by atoms with Crippen LogP contribution in [0, 0.1) is 0 Å². The molecule has 0 saturated carbocycles. The number of nitrogens with zero attached hydrogens (tertiary/aromatic N) is 1. The second kappa shape index (κ2) is 9.32. The number of amides is 1. The SMILES string of the molecule is O=C(Cc1ccc(OC(F)F)cc1)N1CCC(NS(=O)(=O)c2ccccc2)CC1. The molecule has 1 fully saturated rings. The van der Waals surface area contributed by atoms with Crippen LogP contribution in [-0.2, 0) is 21.2 Å². The van der Waals surface area contributed by atoms with Gasteiger partial charge in [0.15, 0.2) is 0 Å². The van der Waals surface area contributed by atoms with Crippen LogP contribution in [0.5, 0.6) is 5.75 Å². The van der Waals surface area contributed by atoms with Crippen molar-refractivity contribution >= 4 is 15.9 Å². The molecular formula is C20H22F2N2O4S. The summed E-state index contributed by atoms with van der Waals surface area (Å²) in [5, 5.41) is 0. The lowest BCUT2D eigenvalue weighted by atomic mass is 10.0. The maximum absolute atomic E-state index is 12.5. The highest BCUT2D eigenvalue weighted by molar-refractivity contribution is 7.89. The molecular weight excluding hydrogens is 402 g/mol. The molecule has 0 aromatic heterocycles. The molecule has 1 aliphatic heterocycles. The lowest BCUT2D eigenvalue weighted by Gasteiger charge is -2.32. The van der Waals surface area contributed by atoms with Crippen LogP contribution >= 0.6 is 0 Å². The molecule has 3 rings (SSSR count). The molecule has 1 heterocycles. The number of ether oxygens (including phenoxy) is 1. The maximum atomic E-state index is 12.5. The minimum absolute atomic E-state index is 0.0442. The van der Waals surface area contributed by atoms with Crippen LogP contribution in [0.4, 0.5) is 8.78 Å². The first-order valence-corrected chi connectivity index (χ1v) is 10.7. The molecule has 0 aliphatic carbocycles. The summed E-state index contributed by atoms with van der Waals surface area (Å²) in [6.45, 7) is -1.98. The summed E-state index contributed by atoms with van der Waals surface area (Å²) >= 11 is 0. The summed E-state index contributed by atoms with van der Waals surface area (Å²) in [4.78, 5) is 14.4. The highest BCUT2D eigenvalue weighted by Gasteiger charge is 2.26. The number of sulfonamides is 1. The fourth-order valence-electron chi connectivity index (χ4n) is 3.21. The topological polar surface area (TPSA) is 75.7 Å². The standard InChI is InChI=1S/C20H22F2N2O4S/c21-20(22)28-17-8-6-15(7-9-17)14-19(25)24-12-10-16(11-13-24)23-29(26,27)18-4-2-1-3-5-18/h1-9,16,20,23H,10-14H2. The van der Waals surface area contributed by atoms with Gasteiger partial charge in [0.05, 0.1) is 11.3 Å². The molecule has 0 bridgehead atoms. The number of rotatable bonds is 7. The third kappa shape index (κ3) is 5.98. The highest BCUT2D eigenvalue weighted by atomic mass is 32.2. The van der Waals surface area contributed by atoms with Crippen molar-refractivity contribution in [3.63, 3.8) is 0 Å². The van der Waals surface area contributed by atoms with E-state index in [1.165, 1.54) is 12.1 Å². The van der Waals surface area contributed by atoms with Crippen molar-refractivity contribution in [1.29, 1.82) is 0 Å². The Morgan fingerprint density at radius 1 is 1.07 bits per heavy atom. The predicted molar refractivity (Wildman–Crippen MR) is 103 cm³/mol. The van der Waals surface area contributed by atoms with Gasteiger partial charge in [-0.25, -0.2) is 13.1 Å². The van der Waals surface area contributed by atoms with E-state index in [1.54, 1.807) is 47.4 Å². The van der Waals surface area contributed by atoms with Crippen molar-refractivity contribution in [2.45, 2.75) is 36.8 Å². The number of benzene rings is 2. The van der Waals surface area contributed by atoms with E-state index < -0.39 is 16.6 Å². The minimum atomic E-state index is -3.58. The lowest BCUT2D eigenvalue weighted by molar-refractivity contribution is -0.131. The molecule has 29 heavy (non-hydrogen) atoms. The van der Waals surface area contributed by atoms with Gasteiger partial charge in [-0.2, -0.15) is 8.78 Å². The van der Waals surface area contributed by atoms with E-state index in [9.17, 15) is 22.0 Å². The lowest BCUT2D eigenvalue weighted by Crippen LogP contribution is -2.46. The van der Waals surface area contributed by atoms with Crippen molar-refractivity contribution in [3.05, 3.63) is 60.2 Å². The second-order valence-electron chi connectivity index (χ2n) is 6.79. The minimum Gasteiger partial charge on any atom is -0.435 e. The van der Waals surface area contributed by atoms with Gasteiger partial charge in [-0.1, -0.05) is 30.3 Å². The number of piperidine rings is 1. The number of halogens is 2. The van der Waals surface area contributed by atoms with Gasteiger partial charge in [0.2, 0.25) is 15.9 Å². The van der Waals surface area contributed by atoms with Gasteiger partial charge in [0, 0.05) is 19.1 Å².